The van der Waals surface area contributed by atoms with Crippen LogP contribution < -0.4 is 14.1 Å². The number of benzene rings is 4. The van der Waals surface area contributed by atoms with Gasteiger partial charge in [-0.1, -0.05) is 78.9 Å². The van der Waals surface area contributed by atoms with E-state index in [1.807, 2.05) is 78.9 Å². The number of thiazole rings is 1. The predicted molar refractivity (Wildman–Crippen MR) is 146 cm³/mol. The third-order valence-electron chi connectivity index (χ3n) is 5.62. The van der Waals surface area contributed by atoms with Crippen LogP contribution in [0.4, 0.5) is 17.1 Å². The summed E-state index contributed by atoms with van der Waals surface area (Å²) in [5.74, 6) is 0. The van der Waals surface area contributed by atoms with Crippen molar-refractivity contribution in [1.29, 1.82) is 10.5 Å². The zero-order valence-electron chi connectivity index (χ0n) is 19.2. The number of hydrogen-bond donors (Lipinski definition) is 0. The predicted octanol–water partition coefficient (Wildman–Crippen LogP) is 6.31. The van der Waals surface area contributed by atoms with Gasteiger partial charge in [0.25, 0.3) is 0 Å². The molecule has 0 amide bonds. The van der Waals surface area contributed by atoms with Crippen LogP contribution in [0.25, 0.3) is 22.9 Å². The summed E-state index contributed by atoms with van der Waals surface area (Å²) in [5.41, 5.74) is 5.93. The topological polar surface area (TPSA) is 63.7 Å². The standard InChI is InChI=1S/C31H20N4S/c32-21-25(22-33)31-34-30(24-10-4-1-5-11-24)29(36-31)20-23-16-18-28(19-17-23)35(26-12-6-2-7-13-26)27-14-8-3-9-15-27/h1-20H/b29-20-. The largest absolute Gasteiger partial charge is 0.311 e. The quantitative estimate of drug-likeness (QED) is 0.296. The maximum absolute atomic E-state index is 9.35. The fourth-order valence-corrected chi connectivity index (χ4v) is 4.93. The van der Waals surface area contributed by atoms with Crippen molar-refractivity contribution in [2.45, 2.75) is 0 Å². The lowest BCUT2D eigenvalue weighted by Gasteiger charge is -2.25. The fourth-order valence-electron chi connectivity index (χ4n) is 3.93. The molecule has 0 saturated heterocycles. The summed E-state index contributed by atoms with van der Waals surface area (Å²) in [6.07, 6.45) is 2.05. The molecule has 0 unspecified atom stereocenters. The molecule has 36 heavy (non-hydrogen) atoms. The van der Waals surface area contributed by atoms with Gasteiger partial charge in [-0.2, -0.15) is 10.5 Å². The monoisotopic (exact) mass is 480 g/mol. The first kappa shape index (κ1) is 22.8. The molecule has 0 fully saturated rings. The smallest absolute Gasteiger partial charge is 0.165 e. The summed E-state index contributed by atoms with van der Waals surface area (Å²) < 4.78 is 1.33. The fraction of sp³-hybridized carbons (Fsp3) is 0. The van der Waals surface area contributed by atoms with E-state index in [1.54, 1.807) is 0 Å². The normalized spacial score (nSPS) is 10.9. The molecular formula is C31H20N4S. The molecule has 1 aromatic heterocycles. The number of hydrogen-bond acceptors (Lipinski definition) is 5. The van der Waals surface area contributed by atoms with Crippen LogP contribution in [0.5, 0.6) is 0 Å². The van der Waals surface area contributed by atoms with E-state index < -0.39 is 0 Å². The summed E-state index contributed by atoms with van der Waals surface area (Å²) >= 11 is 1.35. The number of nitrogens with zero attached hydrogens (tertiary/aromatic N) is 4. The molecule has 4 aromatic carbocycles. The Kier molecular flexibility index (Phi) is 6.67. The van der Waals surface area contributed by atoms with Gasteiger partial charge in [-0.3, -0.25) is 0 Å². The summed E-state index contributed by atoms with van der Waals surface area (Å²) in [4.78, 5) is 6.85. The van der Waals surface area contributed by atoms with Crippen LogP contribution in [0.3, 0.4) is 0 Å². The summed E-state index contributed by atoms with van der Waals surface area (Å²) in [6.45, 7) is 0. The highest BCUT2D eigenvalue weighted by molar-refractivity contribution is 7.08. The number of rotatable bonds is 5. The maximum atomic E-state index is 9.35. The van der Waals surface area contributed by atoms with Crippen LogP contribution in [-0.4, -0.2) is 4.98 Å². The van der Waals surface area contributed by atoms with Crippen molar-refractivity contribution in [2.24, 2.45) is 0 Å². The molecule has 0 aliphatic rings. The average Bonchev–Trinajstić information content (AvgIpc) is 3.35. The van der Waals surface area contributed by atoms with Crippen molar-refractivity contribution >= 4 is 40.0 Å². The van der Waals surface area contributed by atoms with Crippen LogP contribution in [0.2, 0.25) is 0 Å². The molecule has 5 heteroatoms. The molecule has 0 aliphatic carbocycles. The molecular weight excluding hydrogens is 460 g/mol. The van der Waals surface area contributed by atoms with Crippen LogP contribution >= 0.6 is 11.3 Å². The van der Waals surface area contributed by atoms with Gasteiger partial charge in [0, 0.05) is 22.6 Å². The molecule has 0 N–H and O–H groups in total. The van der Waals surface area contributed by atoms with Gasteiger partial charge >= 0.3 is 0 Å². The lowest BCUT2D eigenvalue weighted by Crippen LogP contribution is -2.09. The lowest BCUT2D eigenvalue weighted by molar-refractivity contribution is 1.28. The minimum Gasteiger partial charge on any atom is -0.311 e. The molecule has 0 atom stereocenters. The molecule has 0 radical (unpaired) electrons. The first-order chi connectivity index (χ1) is 17.8. The average molecular weight is 481 g/mol. The Balaban J connectivity index is 1.60. The van der Waals surface area contributed by atoms with Crippen LogP contribution in [0, 0.1) is 22.7 Å². The SMILES string of the molecule is N#CC(C#N)=c1nc(-c2ccccc2)/c(=C/c2ccc(N(c3ccccc3)c3ccccc3)cc2)s1. The highest BCUT2D eigenvalue weighted by Gasteiger charge is 2.12. The Hall–Kier alpha value is -4.97. The Morgan fingerprint density at radius 1 is 0.667 bits per heavy atom. The van der Waals surface area contributed by atoms with Gasteiger partial charge in [0.1, 0.15) is 16.8 Å². The van der Waals surface area contributed by atoms with Gasteiger partial charge in [0.15, 0.2) is 5.57 Å². The van der Waals surface area contributed by atoms with Gasteiger partial charge in [0.2, 0.25) is 0 Å². The molecule has 0 saturated carbocycles. The molecule has 0 aliphatic heterocycles. The number of aromatic nitrogens is 1. The zero-order chi connectivity index (χ0) is 24.7. The van der Waals surface area contributed by atoms with Crippen molar-refractivity contribution < 1.29 is 0 Å². The third kappa shape index (κ3) is 4.79. The minimum atomic E-state index is 0.0218. The molecule has 4 nitrogen and oxygen atoms in total. The van der Waals surface area contributed by atoms with Crippen molar-refractivity contribution in [3.05, 3.63) is 130 Å². The van der Waals surface area contributed by atoms with Gasteiger partial charge in [-0.15, -0.1) is 11.3 Å². The van der Waals surface area contributed by atoms with E-state index >= 15 is 0 Å². The van der Waals surface area contributed by atoms with Gasteiger partial charge in [-0.05, 0) is 48.0 Å². The van der Waals surface area contributed by atoms with Gasteiger partial charge in [-0.25, -0.2) is 4.98 Å². The van der Waals surface area contributed by atoms with Crippen LogP contribution in [-0.2, 0) is 0 Å². The molecule has 170 valence electrons. The molecule has 0 bridgehead atoms. The second-order valence-electron chi connectivity index (χ2n) is 7.94. The van der Waals surface area contributed by atoms with E-state index in [-0.39, 0.29) is 5.57 Å². The Morgan fingerprint density at radius 3 is 1.69 bits per heavy atom. The second kappa shape index (κ2) is 10.5. The Bertz CT molecular complexity index is 1620. The van der Waals surface area contributed by atoms with Crippen molar-refractivity contribution in [1.82, 2.24) is 4.98 Å². The van der Waals surface area contributed by atoms with Gasteiger partial charge in [0.05, 0.1) is 10.2 Å². The van der Waals surface area contributed by atoms with E-state index in [1.165, 1.54) is 11.3 Å². The van der Waals surface area contributed by atoms with E-state index in [0.717, 1.165) is 38.4 Å². The van der Waals surface area contributed by atoms with Crippen LogP contribution in [0.15, 0.2) is 115 Å². The second-order valence-corrected chi connectivity index (χ2v) is 8.97. The van der Waals surface area contributed by atoms with E-state index in [0.29, 0.717) is 4.66 Å². The third-order valence-corrected chi connectivity index (χ3v) is 6.64. The zero-order valence-corrected chi connectivity index (χ0v) is 20.1. The van der Waals surface area contributed by atoms with E-state index in [4.69, 9.17) is 0 Å². The molecule has 0 spiro atoms. The van der Waals surface area contributed by atoms with Crippen molar-refractivity contribution in [3.63, 3.8) is 0 Å². The van der Waals surface area contributed by atoms with Gasteiger partial charge < -0.3 is 4.90 Å². The number of para-hydroxylation sites is 2. The number of nitriles is 2. The first-order valence-electron chi connectivity index (χ1n) is 11.4. The molecule has 1 heterocycles. The van der Waals surface area contributed by atoms with Crippen LogP contribution in [0.1, 0.15) is 5.56 Å². The molecule has 5 aromatic rings. The maximum Gasteiger partial charge on any atom is 0.165 e. The summed E-state index contributed by atoms with van der Waals surface area (Å²) in [7, 11) is 0. The first-order valence-corrected chi connectivity index (χ1v) is 12.2. The summed E-state index contributed by atoms with van der Waals surface area (Å²) in [6, 6.07) is 42.6. The summed E-state index contributed by atoms with van der Waals surface area (Å²) in [5, 5.41) is 18.7. The van der Waals surface area contributed by atoms with Crippen molar-refractivity contribution in [2.75, 3.05) is 4.90 Å². The minimum absolute atomic E-state index is 0.0218. The highest BCUT2D eigenvalue weighted by Crippen LogP contribution is 2.34. The lowest BCUT2D eigenvalue weighted by atomic mass is 10.1. The van der Waals surface area contributed by atoms with E-state index in [9.17, 15) is 10.5 Å². The Morgan fingerprint density at radius 2 is 1.17 bits per heavy atom. The van der Waals surface area contributed by atoms with Crippen molar-refractivity contribution in [3.8, 4) is 23.4 Å². The Labute approximate surface area is 213 Å². The van der Waals surface area contributed by atoms with E-state index in [2.05, 4.69) is 64.5 Å². The molecule has 5 rings (SSSR count). The number of anilines is 3. The highest BCUT2D eigenvalue weighted by atomic mass is 32.1.